The molecule has 2 aromatic rings. The SMILES string of the molecule is Cc1[nH]c2ccc(Cl)cc2c1/C=C/[N+](=O)[O-]. The number of fused-ring (bicyclic) bond motifs is 1. The summed E-state index contributed by atoms with van der Waals surface area (Å²) in [7, 11) is 0. The number of nitro groups is 1. The number of aryl methyl sites for hydroxylation is 1. The van der Waals surface area contributed by atoms with Crippen molar-refractivity contribution in [2.75, 3.05) is 0 Å². The van der Waals surface area contributed by atoms with E-state index in [1.807, 2.05) is 13.0 Å². The summed E-state index contributed by atoms with van der Waals surface area (Å²) in [6.45, 7) is 1.87. The fourth-order valence-electron chi connectivity index (χ4n) is 1.67. The summed E-state index contributed by atoms with van der Waals surface area (Å²) in [5, 5.41) is 11.8. The third-order valence-electron chi connectivity index (χ3n) is 2.36. The maximum Gasteiger partial charge on any atom is 0.235 e. The van der Waals surface area contributed by atoms with Gasteiger partial charge in [0, 0.05) is 33.3 Å². The second-order valence-electron chi connectivity index (χ2n) is 3.45. The number of H-pyrrole nitrogens is 1. The monoisotopic (exact) mass is 236 g/mol. The molecule has 1 N–H and O–H groups in total. The van der Waals surface area contributed by atoms with Crippen LogP contribution in [0.4, 0.5) is 0 Å². The summed E-state index contributed by atoms with van der Waals surface area (Å²) >= 11 is 5.89. The summed E-state index contributed by atoms with van der Waals surface area (Å²) in [4.78, 5) is 13.0. The molecule has 0 aliphatic rings. The number of hydrogen-bond donors (Lipinski definition) is 1. The molecule has 0 spiro atoms. The molecule has 0 radical (unpaired) electrons. The van der Waals surface area contributed by atoms with Crippen LogP contribution in [0.15, 0.2) is 24.4 Å². The second kappa shape index (κ2) is 3.98. The van der Waals surface area contributed by atoms with Crippen LogP contribution < -0.4 is 0 Å². The largest absolute Gasteiger partial charge is 0.358 e. The number of nitrogens with zero attached hydrogens (tertiary/aromatic N) is 1. The topological polar surface area (TPSA) is 58.9 Å². The van der Waals surface area contributed by atoms with Crippen LogP contribution in [0.5, 0.6) is 0 Å². The van der Waals surface area contributed by atoms with Gasteiger partial charge in [0.05, 0.1) is 4.92 Å². The van der Waals surface area contributed by atoms with E-state index in [4.69, 9.17) is 11.6 Å². The van der Waals surface area contributed by atoms with E-state index in [0.717, 1.165) is 28.4 Å². The number of benzene rings is 1. The van der Waals surface area contributed by atoms with E-state index in [9.17, 15) is 10.1 Å². The highest BCUT2D eigenvalue weighted by Crippen LogP contribution is 2.26. The molecule has 1 aromatic heterocycles. The van der Waals surface area contributed by atoms with Crippen LogP contribution in [-0.2, 0) is 0 Å². The van der Waals surface area contributed by atoms with Gasteiger partial charge in [0.15, 0.2) is 0 Å². The Bertz CT molecular complexity index is 587. The normalized spacial score (nSPS) is 11.4. The van der Waals surface area contributed by atoms with Gasteiger partial charge in [-0.15, -0.1) is 0 Å². The molecule has 0 saturated heterocycles. The lowest BCUT2D eigenvalue weighted by Crippen LogP contribution is -1.83. The minimum atomic E-state index is -0.483. The number of aromatic nitrogens is 1. The van der Waals surface area contributed by atoms with E-state index in [2.05, 4.69) is 4.98 Å². The van der Waals surface area contributed by atoms with Crippen molar-refractivity contribution >= 4 is 28.6 Å². The van der Waals surface area contributed by atoms with Crippen LogP contribution in [-0.4, -0.2) is 9.91 Å². The Kier molecular flexibility index (Phi) is 2.66. The molecule has 0 aliphatic heterocycles. The van der Waals surface area contributed by atoms with E-state index in [1.165, 1.54) is 6.08 Å². The van der Waals surface area contributed by atoms with Crippen molar-refractivity contribution in [1.29, 1.82) is 0 Å². The molecule has 0 bridgehead atoms. The van der Waals surface area contributed by atoms with Crippen LogP contribution in [0, 0.1) is 17.0 Å². The molecule has 0 fully saturated rings. The predicted molar refractivity (Wildman–Crippen MR) is 64.1 cm³/mol. The number of rotatable bonds is 2. The van der Waals surface area contributed by atoms with E-state index in [-0.39, 0.29) is 0 Å². The molecule has 1 aromatic carbocycles. The maximum absolute atomic E-state index is 10.3. The quantitative estimate of drug-likeness (QED) is 0.642. The van der Waals surface area contributed by atoms with Gasteiger partial charge in [-0.3, -0.25) is 10.1 Å². The molecule has 4 nitrogen and oxygen atoms in total. The van der Waals surface area contributed by atoms with Gasteiger partial charge in [-0.25, -0.2) is 0 Å². The molecular formula is C11H9ClN2O2. The zero-order valence-electron chi connectivity index (χ0n) is 8.53. The van der Waals surface area contributed by atoms with Crippen molar-refractivity contribution < 1.29 is 4.92 Å². The highest BCUT2D eigenvalue weighted by Gasteiger charge is 2.07. The lowest BCUT2D eigenvalue weighted by Gasteiger charge is -1.93. The standard InChI is InChI=1S/C11H9ClN2O2/c1-7-9(4-5-14(15)16)10-6-8(12)2-3-11(10)13-7/h2-6,13H,1H3/b5-4+. The van der Waals surface area contributed by atoms with Crippen LogP contribution in [0.2, 0.25) is 5.02 Å². The van der Waals surface area contributed by atoms with Crippen molar-refractivity contribution in [2.45, 2.75) is 6.92 Å². The second-order valence-corrected chi connectivity index (χ2v) is 3.89. The summed E-state index contributed by atoms with van der Waals surface area (Å²) in [6, 6.07) is 5.43. The van der Waals surface area contributed by atoms with Crippen LogP contribution in [0.3, 0.4) is 0 Å². The first kappa shape index (κ1) is 10.7. The molecule has 5 heteroatoms. The van der Waals surface area contributed by atoms with Gasteiger partial charge in [-0.2, -0.15) is 0 Å². The maximum atomic E-state index is 10.3. The Balaban J connectivity index is 2.62. The van der Waals surface area contributed by atoms with Gasteiger partial charge in [0.2, 0.25) is 6.20 Å². The Labute approximate surface area is 96.7 Å². The van der Waals surface area contributed by atoms with E-state index in [0.29, 0.717) is 5.02 Å². The molecule has 82 valence electrons. The molecule has 2 rings (SSSR count). The molecule has 0 atom stereocenters. The van der Waals surface area contributed by atoms with Crippen LogP contribution in [0.1, 0.15) is 11.3 Å². The number of aromatic amines is 1. The first-order chi connectivity index (χ1) is 7.58. The highest BCUT2D eigenvalue weighted by molar-refractivity contribution is 6.31. The first-order valence-corrected chi connectivity index (χ1v) is 5.05. The molecule has 0 amide bonds. The van der Waals surface area contributed by atoms with Gasteiger partial charge in [0.1, 0.15) is 0 Å². The number of hydrogen-bond acceptors (Lipinski definition) is 2. The van der Waals surface area contributed by atoms with E-state index >= 15 is 0 Å². The predicted octanol–water partition coefficient (Wildman–Crippen LogP) is 3.38. The minimum Gasteiger partial charge on any atom is -0.358 e. The Morgan fingerprint density at radius 3 is 2.94 bits per heavy atom. The van der Waals surface area contributed by atoms with Gasteiger partial charge in [0.25, 0.3) is 0 Å². The Hall–Kier alpha value is -1.81. The van der Waals surface area contributed by atoms with Crippen molar-refractivity contribution in [1.82, 2.24) is 4.98 Å². The number of nitrogens with one attached hydrogen (secondary N) is 1. The molecule has 16 heavy (non-hydrogen) atoms. The lowest BCUT2D eigenvalue weighted by atomic mass is 10.1. The number of halogens is 1. The van der Waals surface area contributed by atoms with Gasteiger partial charge in [-0.1, -0.05) is 11.6 Å². The molecular weight excluding hydrogens is 228 g/mol. The van der Waals surface area contributed by atoms with Gasteiger partial charge >= 0.3 is 0 Å². The first-order valence-electron chi connectivity index (χ1n) is 4.67. The smallest absolute Gasteiger partial charge is 0.235 e. The summed E-state index contributed by atoms with van der Waals surface area (Å²) in [6.07, 6.45) is 2.40. The summed E-state index contributed by atoms with van der Waals surface area (Å²) < 4.78 is 0. The Morgan fingerprint density at radius 1 is 1.50 bits per heavy atom. The van der Waals surface area contributed by atoms with Gasteiger partial charge < -0.3 is 4.98 Å². The fraction of sp³-hybridized carbons (Fsp3) is 0.0909. The lowest BCUT2D eigenvalue weighted by molar-refractivity contribution is -0.400. The average molecular weight is 237 g/mol. The fourth-order valence-corrected chi connectivity index (χ4v) is 1.84. The zero-order valence-corrected chi connectivity index (χ0v) is 9.28. The average Bonchev–Trinajstić information content (AvgIpc) is 2.51. The molecule has 0 unspecified atom stereocenters. The van der Waals surface area contributed by atoms with Crippen molar-refractivity contribution in [3.05, 3.63) is 50.8 Å². The van der Waals surface area contributed by atoms with E-state index < -0.39 is 4.92 Å². The van der Waals surface area contributed by atoms with Crippen LogP contribution in [0.25, 0.3) is 17.0 Å². The minimum absolute atomic E-state index is 0.483. The van der Waals surface area contributed by atoms with Gasteiger partial charge in [-0.05, 0) is 25.1 Å². The molecule has 0 saturated carbocycles. The third-order valence-corrected chi connectivity index (χ3v) is 2.60. The van der Waals surface area contributed by atoms with Crippen molar-refractivity contribution in [2.24, 2.45) is 0 Å². The summed E-state index contributed by atoms with van der Waals surface area (Å²) in [5.74, 6) is 0. The molecule has 1 heterocycles. The summed E-state index contributed by atoms with van der Waals surface area (Å²) in [5.41, 5.74) is 2.61. The zero-order chi connectivity index (χ0) is 11.7. The van der Waals surface area contributed by atoms with E-state index in [1.54, 1.807) is 12.1 Å². The Morgan fingerprint density at radius 2 is 2.25 bits per heavy atom. The van der Waals surface area contributed by atoms with Crippen LogP contribution >= 0.6 is 11.6 Å². The third kappa shape index (κ3) is 1.92. The van der Waals surface area contributed by atoms with Crippen molar-refractivity contribution in [3.8, 4) is 0 Å². The highest BCUT2D eigenvalue weighted by atomic mass is 35.5. The molecule has 0 aliphatic carbocycles. The van der Waals surface area contributed by atoms with Crippen molar-refractivity contribution in [3.63, 3.8) is 0 Å².